The van der Waals surface area contributed by atoms with Crippen molar-refractivity contribution in [3.05, 3.63) is 40.0 Å². The van der Waals surface area contributed by atoms with Crippen molar-refractivity contribution in [3.8, 4) is 11.5 Å². The van der Waals surface area contributed by atoms with Crippen molar-refractivity contribution in [1.29, 1.82) is 0 Å². The summed E-state index contributed by atoms with van der Waals surface area (Å²) >= 11 is 0. The van der Waals surface area contributed by atoms with E-state index in [1.165, 1.54) is 24.3 Å². The average Bonchev–Trinajstić information content (AvgIpc) is 2.19. The molecule has 0 bridgehead atoms. The maximum atomic E-state index is 10.7. The highest BCUT2D eigenvalue weighted by molar-refractivity contribution is 5.86. The Morgan fingerprint density at radius 3 is 2.62 bits per heavy atom. The molecule has 1 rings (SSSR count). The van der Waals surface area contributed by atoms with Gasteiger partial charge < -0.3 is 10.2 Å². The van der Waals surface area contributed by atoms with Crippen LogP contribution in [0.3, 0.4) is 0 Å². The second-order valence-corrected chi connectivity index (χ2v) is 2.72. The van der Waals surface area contributed by atoms with Crippen LogP contribution in [0.4, 0.5) is 0 Å². The Bertz CT molecular complexity index is 453. The van der Waals surface area contributed by atoms with E-state index in [0.29, 0.717) is 5.56 Å². The molecule has 7 heteroatoms. The van der Waals surface area contributed by atoms with E-state index in [4.69, 9.17) is 10.2 Å². The molecule has 0 unspecified atom stereocenters. The molecule has 2 N–H and O–H groups in total. The summed E-state index contributed by atoms with van der Waals surface area (Å²) in [6.45, 7) is 0. The maximum Gasteiger partial charge on any atom is 0.327 e. The monoisotopic (exact) mass is 225 g/mol. The van der Waals surface area contributed by atoms with Crippen molar-refractivity contribution in [3.63, 3.8) is 0 Å². The van der Waals surface area contributed by atoms with Gasteiger partial charge in [-0.05, 0) is 23.8 Å². The lowest BCUT2D eigenvalue weighted by molar-refractivity contribution is -0.728. The van der Waals surface area contributed by atoms with E-state index in [-0.39, 0.29) is 11.5 Å². The molecule has 1 aromatic carbocycles. The third-order valence-corrected chi connectivity index (χ3v) is 1.58. The van der Waals surface area contributed by atoms with Crippen molar-refractivity contribution >= 4 is 12.0 Å². The van der Waals surface area contributed by atoms with E-state index in [1.54, 1.807) is 0 Å². The molecule has 0 amide bonds. The van der Waals surface area contributed by atoms with Crippen LogP contribution in [0, 0.1) is 10.1 Å². The van der Waals surface area contributed by atoms with Crippen LogP contribution in [0.2, 0.25) is 0 Å². The number of hydrogen-bond donors (Lipinski definition) is 2. The second-order valence-electron chi connectivity index (χ2n) is 2.72. The predicted molar refractivity (Wildman–Crippen MR) is 51.9 cm³/mol. The summed E-state index contributed by atoms with van der Waals surface area (Å²) in [4.78, 5) is 24.1. The van der Waals surface area contributed by atoms with Gasteiger partial charge in [0.15, 0.2) is 11.5 Å². The second kappa shape index (κ2) is 4.78. The molecule has 84 valence electrons. The van der Waals surface area contributed by atoms with Gasteiger partial charge in [0, 0.05) is 6.08 Å². The fraction of sp³-hybridized carbons (Fsp3) is 0. The highest BCUT2D eigenvalue weighted by Gasteiger charge is 2.03. The van der Waals surface area contributed by atoms with Gasteiger partial charge in [-0.2, -0.15) is 0 Å². The standard InChI is InChI=1S/C9H7NO6/c11-7-3-1-6(5-8(7)12)2-4-9(13)16-10(14)15/h1-5,11-12H/b4-2+. The molecule has 0 fully saturated rings. The summed E-state index contributed by atoms with van der Waals surface area (Å²) in [6.07, 6.45) is 2.03. The Morgan fingerprint density at radius 2 is 2.06 bits per heavy atom. The smallest absolute Gasteiger partial charge is 0.327 e. The zero-order valence-corrected chi connectivity index (χ0v) is 7.86. The lowest BCUT2D eigenvalue weighted by atomic mass is 10.2. The fourth-order valence-electron chi connectivity index (χ4n) is 0.912. The van der Waals surface area contributed by atoms with Crippen LogP contribution < -0.4 is 0 Å². The van der Waals surface area contributed by atoms with Crippen LogP contribution in [0.25, 0.3) is 6.08 Å². The Morgan fingerprint density at radius 1 is 1.38 bits per heavy atom. The number of carbonyl (C=O) groups is 1. The molecule has 0 aliphatic heterocycles. The highest BCUT2D eigenvalue weighted by Crippen LogP contribution is 2.25. The molecular weight excluding hydrogens is 218 g/mol. The summed E-state index contributed by atoms with van der Waals surface area (Å²) in [6, 6.07) is 3.81. The average molecular weight is 225 g/mol. The number of hydrogen-bond acceptors (Lipinski definition) is 6. The van der Waals surface area contributed by atoms with Crippen LogP contribution in [-0.4, -0.2) is 21.3 Å². The van der Waals surface area contributed by atoms with E-state index < -0.39 is 11.1 Å². The number of phenolic OH excluding ortho intramolecular Hbond substituents is 2. The lowest BCUT2D eigenvalue weighted by Gasteiger charge is -1.98. The van der Waals surface area contributed by atoms with Crippen molar-refractivity contribution in [2.45, 2.75) is 0 Å². The Balaban J connectivity index is 2.73. The van der Waals surface area contributed by atoms with E-state index in [1.807, 2.05) is 0 Å². The Labute approximate surface area is 89.3 Å². The van der Waals surface area contributed by atoms with Gasteiger partial charge in [-0.3, -0.25) is 4.79 Å². The number of phenols is 2. The first-order chi connectivity index (χ1) is 7.49. The summed E-state index contributed by atoms with van der Waals surface area (Å²) in [5, 5.41) is 26.6. The van der Waals surface area contributed by atoms with Gasteiger partial charge in [-0.15, -0.1) is 10.1 Å². The highest BCUT2D eigenvalue weighted by atomic mass is 17.0. The van der Waals surface area contributed by atoms with Gasteiger partial charge >= 0.3 is 11.1 Å². The molecule has 0 aromatic heterocycles. The van der Waals surface area contributed by atoms with Gasteiger partial charge in [0.1, 0.15) is 0 Å². The van der Waals surface area contributed by atoms with E-state index in [2.05, 4.69) is 4.84 Å². The van der Waals surface area contributed by atoms with Crippen LogP contribution >= 0.6 is 0 Å². The first-order valence-corrected chi connectivity index (χ1v) is 4.05. The van der Waals surface area contributed by atoms with Gasteiger partial charge in [-0.25, -0.2) is 4.84 Å². The van der Waals surface area contributed by atoms with Crippen molar-refractivity contribution in [1.82, 2.24) is 0 Å². The molecular formula is C9H7NO6. The van der Waals surface area contributed by atoms with Crippen molar-refractivity contribution in [2.75, 3.05) is 0 Å². The number of carbonyl (C=O) groups excluding carboxylic acids is 1. The summed E-state index contributed by atoms with van der Waals surface area (Å²) < 4.78 is 0. The SMILES string of the molecule is O=C(/C=C/c1ccc(O)c(O)c1)O[N+](=O)[O-]. The molecule has 0 heterocycles. The van der Waals surface area contributed by atoms with E-state index >= 15 is 0 Å². The minimum absolute atomic E-state index is 0.301. The minimum atomic E-state index is -1.22. The molecule has 1 aromatic rings. The van der Waals surface area contributed by atoms with Crippen molar-refractivity contribution < 1.29 is 24.9 Å². The van der Waals surface area contributed by atoms with E-state index in [9.17, 15) is 14.9 Å². The van der Waals surface area contributed by atoms with Crippen LogP contribution in [0.5, 0.6) is 11.5 Å². The number of nitrogens with zero attached hydrogens (tertiary/aromatic N) is 1. The third-order valence-electron chi connectivity index (χ3n) is 1.58. The van der Waals surface area contributed by atoms with Crippen LogP contribution in [-0.2, 0) is 9.63 Å². The molecule has 7 nitrogen and oxygen atoms in total. The van der Waals surface area contributed by atoms with Gasteiger partial charge in [0.05, 0.1) is 0 Å². The van der Waals surface area contributed by atoms with Gasteiger partial charge in [-0.1, -0.05) is 6.07 Å². The maximum absolute atomic E-state index is 10.7. The molecule has 0 aliphatic rings. The number of benzene rings is 1. The molecule has 0 radical (unpaired) electrons. The molecule has 0 saturated heterocycles. The van der Waals surface area contributed by atoms with Gasteiger partial charge in [0.25, 0.3) is 0 Å². The first-order valence-electron chi connectivity index (χ1n) is 4.05. The first kappa shape index (κ1) is 11.5. The van der Waals surface area contributed by atoms with Crippen molar-refractivity contribution in [2.24, 2.45) is 0 Å². The molecule has 0 atom stereocenters. The molecule has 16 heavy (non-hydrogen) atoms. The van der Waals surface area contributed by atoms with Gasteiger partial charge in [0.2, 0.25) is 0 Å². The van der Waals surface area contributed by atoms with Crippen LogP contribution in [0.1, 0.15) is 5.56 Å². The topological polar surface area (TPSA) is 110 Å². The summed E-state index contributed by atoms with van der Waals surface area (Å²) in [5.74, 6) is -1.80. The largest absolute Gasteiger partial charge is 0.504 e. The zero-order chi connectivity index (χ0) is 12.1. The summed E-state index contributed by atoms with van der Waals surface area (Å²) in [7, 11) is 0. The number of rotatable bonds is 3. The number of aromatic hydroxyl groups is 2. The molecule has 0 aliphatic carbocycles. The van der Waals surface area contributed by atoms with Crippen LogP contribution in [0.15, 0.2) is 24.3 Å². The molecule has 0 spiro atoms. The summed E-state index contributed by atoms with van der Waals surface area (Å²) in [5.41, 5.74) is 0.385. The normalized spacial score (nSPS) is 10.2. The lowest BCUT2D eigenvalue weighted by Crippen LogP contribution is -2.06. The zero-order valence-electron chi connectivity index (χ0n) is 7.86. The third kappa shape index (κ3) is 3.29. The minimum Gasteiger partial charge on any atom is -0.504 e. The quantitative estimate of drug-likeness (QED) is 0.341. The fourth-order valence-corrected chi connectivity index (χ4v) is 0.912. The Kier molecular flexibility index (Phi) is 3.44. The molecule has 0 saturated carbocycles. The van der Waals surface area contributed by atoms with E-state index in [0.717, 1.165) is 6.08 Å². The Hall–Kier alpha value is -2.57. The predicted octanol–water partition coefficient (Wildman–Crippen LogP) is 0.846.